The monoisotopic (exact) mass is 482 g/mol. The first kappa shape index (κ1) is 23.8. The van der Waals surface area contributed by atoms with E-state index < -0.39 is 24.2 Å². The van der Waals surface area contributed by atoms with E-state index in [0.29, 0.717) is 19.5 Å². The Morgan fingerprint density at radius 2 is 1.91 bits per heavy atom. The number of hydrogen-bond acceptors (Lipinski definition) is 6. The van der Waals surface area contributed by atoms with Gasteiger partial charge in [-0.05, 0) is 36.8 Å². The molecule has 0 aliphatic carbocycles. The number of benzene rings is 2. The fourth-order valence-electron chi connectivity index (χ4n) is 3.72. The number of aliphatic hydroxyl groups excluding tert-OH is 1. The third-order valence-electron chi connectivity index (χ3n) is 5.40. The Hall–Kier alpha value is -3.31. The van der Waals surface area contributed by atoms with Crippen LogP contribution in [0, 0.1) is 11.6 Å². The number of carbonyl (C=O) groups is 1. The zero-order valence-corrected chi connectivity index (χ0v) is 17.9. The first-order valence-corrected chi connectivity index (χ1v) is 10.6. The number of aliphatic hydroxyl groups is 1. The Morgan fingerprint density at radius 1 is 1.09 bits per heavy atom. The van der Waals surface area contributed by atoms with Gasteiger partial charge in [-0.1, -0.05) is 0 Å². The lowest BCUT2D eigenvalue weighted by Crippen LogP contribution is -2.28. The van der Waals surface area contributed by atoms with Gasteiger partial charge in [-0.3, -0.25) is 9.69 Å². The lowest BCUT2D eigenvalue weighted by atomic mass is 10.2. The first-order chi connectivity index (χ1) is 16.3. The van der Waals surface area contributed by atoms with E-state index in [4.69, 9.17) is 9.47 Å². The van der Waals surface area contributed by atoms with Gasteiger partial charge in [0, 0.05) is 44.0 Å². The lowest BCUT2D eigenvalue weighted by molar-refractivity contribution is -0.116. The van der Waals surface area contributed by atoms with Gasteiger partial charge < -0.3 is 24.2 Å². The van der Waals surface area contributed by atoms with Crippen LogP contribution in [0.4, 0.5) is 23.2 Å². The zero-order chi connectivity index (χ0) is 24.2. The fourth-order valence-corrected chi connectivity index (χ4v) is 3.72. The highest BCUT2D eigenvalue weighted by molar-refractivity contribution is 6.07. The molecule has 2 aromatic carbocycles. The van der Waals surface area contributed by atoms with Gasteiger partial charge >= 0.3 is 6.61 Å². The van der Waals surface area contributed by atoms with Crippen molar-refractivity contribution in [3.63, 3.8) is 0 Å². The average molecular weight is 482 g/mol. The zero-order valence-electron chi connectivity index (χ0n) is 17.9. The molecule has 0 bridgehead atoms. The molecule has 1 amide bonds. The van der Waals surface area contributed by atoms with Crippen LogP contribution in [0.2, 0.25) is 0 Å². The molecule has 2 heterocycles. The van der Waals surface area contributed by atoms with E-state index in [1.54, 1.807) is 0 Å². The van der Waals surface area contributed by atoms with Crippen LogP contribution in [0.1, 0.15) is 6.42 Å². The van der Waals surface area contributed by atoms with Crippen LogP contribution in [0.15, 0.2) is 48.2 Å². The molecule has 0 radical (unpaired) electrons. The Bertz CT molecular complexity index is 1080. The minimum absolute atomic E-state index is 0.0589. The van der Waals surface area contributed by atoms with Crippen molar-refractivity contribution in [1.82, 2.24) is 4.90 Å². The predicted molar refractivity (Wildman–Crippen MR) is 113 cm³/mol. The second-order valence-electron chi connectivity index (χ2n) is 7.76. The summed E-state index contributed by atoms with van der Waals surface area (Å²) in [5, 5.41) is 9.58. The Balaban J connectivity index is 1.42. The number of alkyl halides is 2. The summed E-state index contributed by atoms with van der Waals surface area (Å²) < 4.78 is 68.0. The average Bonchev–Trinajstić information content (AvgIpc) is 3.37. The van der Waals surface area contributed by atoms with Crippen molar-refractivity contribution in [2.75, 3.05) is 37.7 Å². The molecule has 0 unspecified atom stereocenters. The number of amides is 1. The summed E-state index contributed by atoms with van der Waals surface area (Å²) in [4.78, 5) is 16.0. The molecule has 1 atom stereocenters. The van der Waals surface area contributed by atoms with Crippen LogP contribution < -0.4 is 19.1 Å². The molecule has 11 heteroatoms. The fraction of sp³-hybridized carbons (Fsp3) is 0.348. The summed E-state index contributed by atoms with van der Waals surface area (Å²) in [5.41, 5.74) is 0.260. The van der Waals surface area contributed by atoms with Crippen molar-refractivity contribution in [3.05, 3.63) is 59.9 Å². The van der Waals surface area contributed by atoms with Crippen molar-refractivity contribution < 1.29 is 41.7 Å². The van der Waals surface area contributed by atoms with E-state index in [-0.39, 0.29) is 48.0 Å². The quantitative estimate of drug-likeness (QED) is 0.553. The van der Waals surface area contributed by atoms with Crippen molar-refractivity contribution in [1.29, 1.82) is 0 Å². The van der Waals surface area contributed by atoms with E-state index in [1.807, 2.05) is 4.90 Å². The molecule has 34 heavy (non-hydrogen) atoms. The number of hydrogen-bond donors (Lipinski definition) is 1. The van der Waals surface area contributed by atoms with Gasteiger partial charge in [0.05, 0.1) is 6.10 Å². The minimum Gasteiger partial charge on any atom is -0.488 e. The molecule has 1 fully saturated rings. The van der Waals surface area contributed by atoms with E-state index in [1.165, 1.54) is 35.2 Å². The molecule has 182 valence electrons. The van der Waals surface area contributed by atoms with E-state index >= 15 is 0 Å². The molecule has 1 saturated heterocycles. The first-order valence-electron chi connectivity index (χ1n) is 10.6. The molecule has 2 aromatic rings. The largest absolute Gasteiger partial charge is 0.488 e. The van der Waals surface area contributed by atoms with Gasteiger partial charge in [-0.25, -0.2) is 8.78 Å². The Morgan fingerprint density at radius 3 is 2.62 bits per heavy atom. The summed E-state index contributed by atoms with van der Waals surface area (Å²) >= 11 is 0. The van der Waals surface area contributed by atoms with Crippen LogP contribution in [0.5, 0.6) is 17.2 Å². The maximum atomic E-state index is 13.4. The third-order valence-corrected chi connectivity index (χ3v) is 5.40. The predicted octanol–water partition coefficient (Wildman–Crippen LogP) is 3.32. The molecule has 0 saturated carbocycles. The Kier molecular flexibility index (Phi) is 7.23. The van der Waals surface area contributed by atoms with Crippen LogP contribution >= 0.6 is 0 Å². The highest BCUT2D eigenvalue weighted by Gasteiger charge is 2.29. The van der Waals surface area contributed by atoms with E-state index in [2.05, 4.69) is 4.74 Å². The topological polar surface area (TPSA) is 71.5 Å². The smallest absolute Gasteiger partial charge is 0.387 e. The molecule has 7 nitrogen and oxygen atoms in total. The van der Waals surface area contributed by atoms with Crippen LogP contribution in [0.25, 0.3) is 0 Å². The summed E-state index contributed by atoms with van der Waals surface area (Å²) in [5.74, 6) is -3.09. The SMILES string of the molecule is O=C1C(Oc2ccc(F)c(F)c2)=CCN1c1ccc(OCCN2CC[C@H](O)C2)c(OC(F)F)c1. The number of carbonyl (C=O) groups excluding carboxylic acids is 1. The van der Waals surface area contributed by atoms with Crippen LogP contribution in [-0.4, -0.2) is 61.4 Å². The number of likely N-dealkylation sites (tertiary alicyclic amines) is 1. The number of nitrogens with zero attached hydrogens (tertiary/aromatic N) is 2. The number of ether oxygens (including phenoxy) is 3. The van der Waals surface area contributed by atoms with E-state index in [0.717, 1.165) is 18.7 Å². The summed E-state index contributed by atoms with van der Waals surface area (Å²) in [6.07, 6.45) is 1.74. The van der Waals surface area contributed by atoms with Crippen molar-refractivity contribution >= 4 is 11.6 Å². The third kappa shape index (κ3) is 5.60. The normalized spacial score (nSPS) is 18.5. The maximum Gasteiger partial charge on any atom is 0.387 e. The number of anilines is 1. The van der Waals surface area contributed by atoms with Gasteiger partial charge in [0.2, 0.25) is 0 Å². The highest BCUT2D eigenvalue weighted by Crippen LogP contribution is 2.35. The van der Waals surface area contributed by atoms with Gasteiger partial charge in [0.15, 0.2) is 28.9 Å². The highest BCUT2D eigenvalue weighted by atomic mass is 19.3. The standard InChI is InChI=1S/C23H22F4N2O5/c24-17-3-2-16(12-18(17)25)33-20-6-8-29(22(20)31)14-1-4-19(21(11-14)34-23(26)27)32-10-9-28-7-5-15(30)13-28/h1-4,6,11-12,15,23,30H,5,7-10,13H2/t15-/m0/s1. The number of halogens is 4. The second kappa shape index (κ2) is 10.3. The maximum absolute atomic E-state index is 13.4. The van der Waals surface area contributed by atoms with Crippen molar-refractivity contribution in [2.24, 2.45) is 0 Å². The van der Waals surface area contributed by atoms with Crippen molar-refractivity contribution in [3.8, 4) is 17.2 Å². The van der Waals surface area contributed by atoms with Gasteiger partial charge in [0.1, 0.15) is 12.4 Å². The van der Waals surface area contributed by atoms with Crippen molar-refractivity contribution in [2.45, 2.75) is 19.1 Å². The molecule has 0 aromatic heterocycles. The molecular weight excluding hydrogens is 460 g/mol. The second-order valence-corrected chi connectivity index (χ2v) is 7.76. The molecule has 1 N–H and O–H groups in total. The van der Waals surface area contributed by atoms with E-state index in [9.17, 15) is 27.5 Å². The minimum atomic E-state index is -3.11. The lowest BCUT2D eigenvalue weighted by Gasteiger charge is -2.20. The van der Waals surface area contributed by atoms with Crippen LogP contribution in [0.3, 0.4) is 0 Å². The molecular formula is C23H22F4N2O5. The summed E-state index contributed by atoms with van der Waals surface area (Å²) in [6.45, 7) is -1.08. The summed E-state index contributed by atoms with van der Waals surface area (Å²) in [6, 6.07) is 7.07. The molecule has 2 aliphatic rings. The summed E-state index contributed by atoms with van der Waals surface area (Å²) in [7, 11) is 0. The number of β-amino-alcohol motifs (C(OH)–C–C–N with tert-alkyl or cyclic N) is 1. The molecule has 0 spiro atoms. The van der Waals surface area contributed by atoms with Gasteiger partial charge in [0.25, 0.3) is 5.91 Å². The van der Waals surface area contributed by atoms with Crippen LogP contribution in [-0.2, 0) is 4.79 Å². The van der Waals surface area contributed by atoms with Gasteiger partial charge in [-0.2, -0.15) is 8.78 Å². The Labute approximate surface area is 192 Å². The molecule has 2 aliphatic heterocycles. The number of rotatable bonds is 9. The molecule has 4 rings (SSSR count). The van der Waals surface area contributed by atoms with Gasteiger partial charge in [-0.15, -0.1) is 0 Å².